The quantitative estimate of drug-likeness (QED) is 0.689. The molecular weight excluding hydrogens is 334 g/mol. The van der Waals surface area contributed by atoms with Gasteiger partial charge in [0.05, 0.1) is 18.4 Å². The third-order valence-corrected chi connectivity index (χ3v) is 4.48. The number of benzene rings is 2. The van der Waals surface area contributed by atoms with E-state index in [0.717, 1.165) is 27.8 Å². The number of thiazole rings is 1. The number of esters is 1. The monoisotopic (exact) mass is 353 g/mol. The normalized spacial score (nSPS) is 10.4. The summed E-state index contributed by atoms with van der Waals surface area (Å²) in [4.78, 5) is 18.3. The fourth-order valence-electron chi connectivity index (χ4n) is 2.36. The first kappa shape index (κ1) is 17.0. The summed E-state index contributed by atoms with van der Waals surface area (Å²) in [6.07, 6.45) is 0. The fourth-order valence-corrected chi connectivity index (χ4v) is 3.10. The number of anilines is 3. The number of nitrogens with zero attached hydrogens (tertiary/aromatic N) is 2. The Morgan fingerprint density at radius 2 is 1.92 bits per heavy atom. The van der Waals surface area contributed by atoms with E-state index in [1.165, 1.54) is 18.4 Å². The zero-order chi connectivity index (χ0) is 17.8. The highest BCUT2D eigenvalue weighted by Crippen LogP contribution is 2.28. The Bertz CT molecular complexity index is 872. The van der Waals surface area contributed by atoms with Crippen LogP contribution in [0.5, 0.6) is 0 Å². The second kappa shape index (κ2) is 7.36. The summed E-state index contributed by atoms with van der Waals surface area (Å²) in [5, 5.41) is 6.02. The molecule has 128 valence electrons. The number of hydrogen-bond donors (Lipinski definition) is 1. The Kier molecular flexibility index (Phi) is 5.00. The highest BCUT2D eigenvalue weighted by Gasteiger charge is 2.08. The third kappa shape index (κ3) is 3.97. The summed E-state index contributed by atoms with van der Waals surface area (Å²) in [6.45, 7) is 0. The van der Waals surface area contributed by atoms with Gasteiger partial charge in [0.25, 0.3) is 0 Å². The minimum atomic E-state index is -0.357. The van der Waals surface area contributed by atoms with Crippen LogP contribution < -0.4 is 10.2 Å². The van der Waals surface area contributed by atoms with E-state index in [9.17, 15) is 4.79 Å². The van der Waals surface area contributed by atoms with Crippen molar-refractivity contribution in [3.63, 3.8) is 0 Å². The molecule has 0 bridgehead atoms. The number of ether oxygens (including phenoxy) is 1. The first-order chi connectivity index (χ1) is 12.1. The largest absolute Gasteiger partial charge is 0.465 e. The van der Waals surface area contributed by atoms with Crippen molar-refractivity contribution in [3.05, 3.63) is 59.5 Å². The highest BCUT2D eigenvalue weighted by atomic mass is 32.1. The lowest BCUT2D eigenvalue weighted by atomic mass is 10.1. The minimum Gasteiger partial charge on any atom is -0.465 e. The van der Waals surface area contributed by atoms with E-state index in [1.807, 2.05) is 31.6 Å². The second-order valence-corrected chi connectivity index (χ2v) is 6.53. The van der Waals surface area contributed by atoms with Crippen LogP contribution in [0.4, 0.5) is 16.5 Å². The summed E-state index contributed by atoms with van der Waals surface area (Å²) in [6, 6.07) is 15.4. The number of nitrogens with one attached hydrogen (secondary N) is 1. The number of methoxy groups -OCH3 is 1. The Balaban J connectivity index is 1.77. The molecule has 0 fully saturated rings. The maximum absolute atomic E-state index is 11.6. The molecule has 3 rings (SSSR count). The van der Waals surface area contributed by atoms with Gasteiger partial charge in [-0.05, 0) is 30.3 Å². The number of carbonyl (C=O) groups is 1. The molecule has 6 heteroatoms. The summed E-state index contributed by atoms with van der Waals surface area (Å²) >= 11 is 1.52. The average molecular weight is 353 g/mol. The molecule has 25 heavy (non-hydrogen) atoms. The molecule has 0 unspecified atom stereocenters. The first-order valence-corrected chi connectivity index (χ1v) is 8.63. The van der Waals surface area contributed by atoms with Gasteiger partial charge in [0.2, 0.25) is 0 Å². The minimum absolute atomic E-state index is 0.357. The van der Waals surface area contributed by atoms with Gasteiger partial charge in [0.1, 0.15) is 0 Å². The second-order valence-electron chi connectivity index (χ2n) is 5.68. The van der Waals surface area contributed by atoms with E-state index in [-0.39, 0.29) is 5.97 Å². The summed E-state index contributed by atoms with van der Waals surface area (Å²) < 4.78 is 4.75. The van der Waals surface area contributed by atoms with Gasteiger partial charge in [-0.2, -0.15) is 0 Å². The molecule has 1 aromatic heterocycles. The molecule has 0 aliphatic heterocycles. The number of rotatable bonds is 5. The van der Waals surface area contributed by atoms with Gasteiger partial charge in [-0.3, -0.25) is 0 Å². The van der Waals surface area contributed by atoms with E-state index in [0.29, 0.717) is 5.56 Å². The lowest BCUT2D eigenvalue weighted by molar-refractivity contribution is 0.0601. The average Bonchev–Trinajstić information content (AvgIpc) is 3.09. The van der Waals surface area contributed by atoms with E-state index >= 15 is 0 Å². The van der Waals surface area contributed by atoms with Crippen LogP contribution in [0, 0.1) is 0 Å². The van der Waals surface area contributed by atoms with Crippen molar-refractivity contribution in [1.82, 2.24) is 4.98 Å². The summed E-state index contributed by atoms with van der Waals surface area (Å²) in [5.41, 5.74) is 4.44. The lowest BCUT2D eigenvalue weighted by Gasteiger charge is -2.12. The van der Waals surface area contributed by atoms with Crippen LogP contribution in [0.15, 0.2) is 53.9 Å². The van der Waals surface area contributed by atoms with Crippen LogP contribution in [0.2, 0.25) is 0 Å². The Morgan fingerprint density at radius 1 is 1.16 bits per heavy atom. The van der Waals surface area contributed by atoms with Gasteiger partial charge in [0.15, 0.2) is 5.13 Å². The molecule has 5 nitrogen and oxygen atoms in total. The number of aromatic nitrogens is 1. The van der Waals surface area contributed by atoms with Gasteiger partial charge < -0.3 is 15.0 Å². The van der Waals surface area contributed by atoms with Crippen molar-refractivity contribution in [2.45, 2.75) is 0 Å². The first-order valence-electron chi connectivity index (χ1n) is 7.75. The highest BCUT2D eigenvalue weighted by molar-refractivity contribution is 7.14. The molecule has 0 saturated carbocycles. The Hall–Kier alpha value is -2.86. The van der Waals surface area contributed by atoms with Gasteiger partial charge in [-0.15, -0.1) is 11.3 Å². The molecule has 0 spiro atoms. The van der Waals surface area contributed by atoms with E-state index in [1.54, 1.807) is 12.1 Å². The molecule has 3 aromatic rings. The standard InChI is InChI=1S/C19H19N3O2S/c1-22(2)16-9-7-13(8-10-16)17-12-25-19(21-17)20-15-6-4-5-14(11-15)18(23)24-3/h4-12H,1-3H3,(H,20,21). The van der Waals surface area contributed by atoms with Crippen molar-refractivity contribution in [2.24, 2.45) is 0 Å². The van der Waals surface area contributed by atoms with Crippen molar-refractivity contribution in [3.8, 4) is 11.3 Å². The van der Waals surface area contributed by atoms with Crippen LogP contribution in [0.25, 0.3) is 11.3 Å². The zero-order valence-corrected chi connectivity index (χ0v) is 15.1. The van der Waals surface area contributed by atoms with E-state index in [2.05, 4.69) is 39.5 Å². The molecule has 1 N–H and O–H groups in total. The van der Waals surface area contributed by atoms with Crippen LogP contribution in [0.3, 0.4) is 0 Å². The van der Waals surface area contributed by atoms with E-state index in [4.69, 9.17) is 4.74 Å². The van der Waals surface area contributed by atoms with Crippen molar-refractivity contribution >= 4 is 33.8 Å². The van der Waals surface area contributed by atoms with Crippen LogP contribution >= 0.6 is 11.3 Å². The van der Waals surface area contributed by atoms with Crippen molar-refractivity contribution in [2.75, 3.05) is 31.4 Å². The van der Waals surface area contributed by atoms with Crippen molar-refractivity contribution in [1.29, 1.82) is 0 Å². The van der Waals surface area contributed by atoms with Crippen LogP contribution in [0.1, 0.15) is 10.4 Å². The molecule has 2 aromatic carbocycles. The van der Waals surface area contributed by atoms with Gasteiger partial charge in [0, 0.05) is 36.4 Å². The third-order valence-electron chi connectivity index (χ3n) is 3.72. The molecule has 0 amide bonds. The maximum atomic E-state index is 11.6. The summed E-state index contributed by atoms with van der Waals surface area (Å²) in [5.74, 6) is -0.357. The lowest BCUT2D eigenvalue weighted by Crippen LogP contribution is -2.07. The predicted molar refractivity (Wildman–Crippen MR) is 103 cm³/mol. The van der Waals surface area contributed by atoms with Crippen LogP contribution in [-0.4, -0.2) is 32.2 Å². The van der Waals surface area contributed by atoms with Gasteiger partial charge in [-0.25, -0.2) is 9.78 Å². The topological polar surface area (TPSA) is 54.5 Å². The Labute approximate surface area is 150 Å². The van der Waals surface area contributed by atoms with Gasteiger partial charge in [-0.1, -0.05) is 18.2 Å². The SMILES string of the molecule is COC(=O)c1cccc(Nc2nc(-c3ccc(N(C)C)cc3)cs2)c1. The summed E-state index contributed by atoms with van der Waals surface area (Å²) in [7, 11) is 5.40. The molecule has 1 heterocycles. The fraction of sp³-hybridized carbons (Fsp3) is 0.158. The Morgan fingerprint density at radius 3 is 2.60 bits per heavy atom. The molecule has 0 saturated heterocycles. The van der Waals surface area contributed by atoms with E-state index < -0.39 is 0 Å². The maximum Gasteiger partial charge on any atom is 0.337 e. The molecule has 0 aliphatic rings. The molecule has 0 aliphatic carbocycles. The van der Waals surface area contributed by atoms with Crippen LogP contribution in [-0.2, 0) is 4.74 Å². The van der Waals surface area contributed by atoms with Crippen molar-refractivity contribution < 1.29 is 9.53 Å². The molecular formula is C19H19N3O2S. The molecule has 0 atom stereocenters. The number of carbonyl (C=O) groups excluding carboxylic acids is 1. The predicted octanol–water partition coefficient (Wildman–Crippen LogP) is 4.41. The zero-order valence-electron chi connectivity index (χ0n) is 14.3. The number of hydrogen-bond acceptors (Lipinski definition) is 6. The molecule has 0 radical (unpaired) electrons. The smallest absolute Gasteiger partial charge is 0.337 e. The van der Waals surface area contributed by atoms with Gasteiger partial charge >= 0.3 is 5.97 Å².